The van der Waals surface area contributed by atoms with Crippen LogP contribution in [0.15, 0.2) is 12.4 Å². The molecule has 0 saturated heterocycles. The van der Waals surface area contributed by atoms with Crippen LogP contribution in [0.5, 0.6) is 0 Å². The zero-order chi connectivity index (χ0) is 11.4. The van der Waals surface area contributed by atoms with E-state index >= 15 is 0 Å². The summed E-state index contributed by atoms with van der Waals surface area (Å²) in [6.07, 6.45) is 10.8. The molecule has 0 spiro atoms. The van der Waals surface area contributed by atoms with Crippen molar-refractivity contribution in [3.8, 4) is 0 Å². The zero-order valence-electron chi connectivity index (χ0n) is 10.4. The van der Waals surface area contributed by atoms with E-state index in [1.165, 1.54) is 31.2 Å². The van der Waals surface area contributed by atoms with Gasteiger partial charge in [-0.15, -0.1) is 0 Å². The first-order chi connectivity index (χ1) is 7.78. The summed E-state index contributed by atoms with van der Waals surface area (Å²) in [5.41, 5.74) is 1.36. The van der Waals surface area contributed by atoms with Gasteiger partial charge >= 0.3 is 0 Å². The number of hydrogen-bond donors (Lipinski definition) is 1. The fraction of sp³-hybridized carbons (Fsp3) is 0.769. The fourth-order valence-corrected chi connectivity index (χ4v) is 2.29. The number of aromatic nitrogens is 2. The molecule has 1 atom stereocenters. The van der Waals surface area contributed by atoms with Gasteiger partial charge in [0.15, 0.2) is 0 Å². The van der Waals surface area contributed by atoms with Crippen molar-refractivity contribution in [1.29, 1.82) is 0 Å². The molecule has 1 aliphatic carbocycles. The number of aryl methyl sites for hydroxylation is 2. The lowest BCUT2D eigenvalue weighted by atomic mass is 10.0. The van der Waals surface area contributed by atoms with Crippen molar-refractivity contribution >= 4 is 0 Å². The van der Waals surface area contributed by atoms with Gasteiger partial charge in [-0.25, -0.2) is 0 Å². The molecule has 0 radical (unpaired) electrons. The van der Waals surface area contributed by atoms with Gasteiger partial charge in [0.05, 0.1) is 6.20 Å². The summed E-state index contributed by atoms with van der Waals surface area (Å²) in [5.74, 6) is 1.01. The van der Waals surface area contributed by atoms with Crippen molar-refractivity contribution in [1.82, 2.24) is 15.1 Å². The van der Waals surface area contributed by atoms with Crippen molar-refractivity contribution < 1.29 is 0 Å². The lowest BCUT2D eigenvalue weighted by Crippen LogP contribution is -2.29. The number of nitrogens with one attached hydrogen (secondary N) is 1. The van der Waals surface area contributed by atoms with Gasteiger partial charge in [0.25, 0.3) is 0 Å². The van der Waals surface area contributed by atoms with Gasteiger partial charge in [0, 0.05) is 19.3 Å². The second-order valence-electron chi connectivity index (χ2n) is 4.99. The van der Waals surface area contributed by atoms with E-state index in [2.05, 4.69) is 23.5 Å². The van der Waals surface area contributed by atoms with E-state index in [1.54, 1.807) is 0 Å². The molecule has 2 rings (SSSR count). The van der Waals surface area contributed by atoms with Crippen molar-refractivity contribution in [2.45, 2.75) is 45.1 Å². The maximum Gasteiger partial charge on any atom is 0.0521 e. The Bertz CT molecular complexity index is 315. The second kappa shape index (κ2) is 5.48. The highest BCUT2D eigenvalue weighted by Gasteiger charge is 2.24. The van der Waals surface area contributed by atoms with E-state index in [0.717, 1.165) is 18.9 Å². The standard InChI is InChI=1S/C13H23N3/c1-3-14-13(8-11-4-5-11)7-6-12-9-15-16(2)10-12/h9-11,13-14H,3-8H2,1-2H3. The molecular weight excluding hydrogens is 198 g/mol. The van der Waals surface area contributed by atoms with Gasteiger partial charge in [-0.3, -0.25) is 4.68 Å². The summed E-state index contributed by atoms with van der Waals surface area (Å²) in [6, 6.07) is 0.706. The predicted molar refractivity (Wildman–Crippen MR) is 66.3 cm³/mol. The average molecular weight is 221 g/mol. The summed E-state index contributed by atoms with van der Waals surface area (Å²) in [4.78, 5) is 0. The lowest BCUT2D eigenvalue weighted by molar-refractivity contribution is 0.442. The largest absolute Gasteiger partial charge is 0.314 e. The summed E-state index contributed by atoms with van der Waals surface area (Å²) in [5, 5.41) is 7.81. The minimum Gasteiger partial charge on any atom is -0.314 e. The number of rotatable bonds is 7. The molecule has 3 heteroatoms. The summed E-state index contributed by atoms with van der Waals surface area (Å²) < 4.78 is 1.89. The molecule has 1 fully saturated rings. The molecule has 1 aromatic rings. The van der Waals surface area contributed by atoms with Crippen LogP contribution >= 0.6 is 0 Å². The van der Waals surface area contributed by atoms with Gasteiger partial charge in [-0.1, -0.05) is 19.8 Å². The minimum absolute atomic E-state index is 0.706. The smallest absolute Gasteiger partial charge is 0.0521 e. The Balaban J connectivity index is 1.75. The van der Waals surface area contributed by atoms with Crippen molar-refractivity contribution in [3.05, 3.63) is 18.0 Å². The summed E-state index contributed by atoms with van der Waals surface area (Å²) >= 11 is 0. The first-order valence-corrected chi connectivity index (χ1v) is 6.49. The van der Waals surface area contributed by atoms with Crippen molar-refractivity contribution in [2.24, 2.45) is 13.0 Å². The van der Waals surface area contributed by atoms with E-state index in [0.29, 0.717) is 6.04 Å². The van der Waals surface area contributed by atoms with Crippen molar-refractivity contribution in [3.63, 3.8) is 0 Å². The average Bonchev–Trinajstić information content (AvgIpc) is 2.97. The van der Waals surface area contributed by atoms with E-state index in [4.69, 9.17) is 0 Å². The van der Waals surface area contributed by atoms with Crippen LogP contribution in [0, 0.1) is 5.92 Å². The van der Waals surface area contributed by atoms with Crippen LogP contribution in [0.3, 0.4) is 0 Å². The van der Waals surface area contributed by atoms with Crippen LogP contribution in [0.4, 0.5) is 0 Å². The maximum atomic E-state index is 4.21. The van der Waals surface area contributed by atoms with E-state index in [1.807, 2.05) is 17.9 Å². The first kappa shape index (κ1) is 11.6. The fourth-order valence-electron chi connectivity index (χ4n) is 2.29. The van der Waals surface area contributed by atoms with E-state index < -0.39 is 0 Å². The molecule has 3 nitrogen and oxygen atoms in total. The van der Waals surface area contributed by atoms with Crippen LogP contribution in [0.2, 0.25) is 0 Å². The Morgan fingerprint density at radius 2 is 2.38 bits per heavy atom. The number of nitrogens with zero attached hydrogens (tertiary/aromatic N) is 2. The molecule has 0 amide bonds. The highest BCUT2D eigenvalue weighted by atomic mass is 15.2. The Hall–Kier alpha value is -0.830. The second-order valence-corrected chi connectivity index (χ2v) is 4.99. The molecular formula is C13H23N3. The van der Waals surface area contributed by atoms with Crippen molar-refractivity contribution in [2.75, 3.05) is 6.54 Å². The molecule has 0 aromatic carbocycles. The topological polar surface area (TPSA) is 29.9 Å². The van der Waals surface area contributed by atoms with Crippen LogP contribution < -0.4 is 5.32 Å². The molecule has 1 unspecified atom stereocenters. The van der Waals surface area contributed by atoms with Crippen LogP contribution in [-0.4, -0.2) is 22.4 Å². The third kappa shape index (κ3) is 3.63. The van der Waals surface area contributed by atoms with Gasteiger partial charge < -0.3 is 5.32 Å². The Labute approximate surface area is 98.2 Å². The van der Waals surface area contributed by atoms with Gasteiger partial charge in [0.1, 0.15) is 0 Å². The van der Waals surface area contributed by atoms with Gasteiger partial charge in [-0.05, 0) is 37.3 Å². The molecule has 1 saturated carbocycles. The quantitative estimate of drug-likeness (QED) is 0.764. The van der Waals surface area contributed by atoms with Crippen LogP contribution in [-0.2, 0) is 13.5 Å². The van der Waals surface area contributed by atoms with Crippen LogP contribution in [0.25, 0.3) is 0 Å². The Morgan fingerprint density at radius 3 is 2.94 bits per heavy atom. The monoisotopic (exact) mass is 221 g/mol. The molecule has 1 aromatic heterocycles. The Morgan fingerprint density at radius 1 is 1.56 bits per heavy atom. The van der Waals surface area contributed by atoms with Crippen LogP contribution in [0.1, 0.15) is 38.2 Å². The highest BCUT2D eigenvalue weighted by Crippen LogP contribution is 2.34. The van der Waals surface area contributed by atoms with Gasteiger partial charge in [0.2, 0.25) is 0 Å². The minimum atomic E-state index is 0.706. The van der Waals surface area contributed by atoms with E-state index in [9.17, 15) is 0 Å². The molecule has 1 N–H and O–H groups in total. The first-order valence-electron chi connectivity index (χ1n) is 6.49. The highest BCUT2D eigenvalue weighted by molar-refractivity contribution is 5.04. The SMILES string of the molecule is CCNC(CCc1cnn(C)c1)CC1CC1. The summed E-state index contributed by atoms with van der Waals surface area (Å²) in [6.45, 7) is 3.29. The van der Waals surface area contributed by atoms with Gasteiger partial charge in [-0.2, -0.15) is 5.10 Å². The zero-order valence-corrected chi connectivity index (χ0v) is 10.4. The maximum absolute atomic E-state index is 4.21. The third-order valence-corrected chi connectivity index (χ3v) is 3.35. The Kier molecular flexibility index (Phi) is 3.99. The number of hydrogen-bond acceptors (Lipinski definition) is 2. The molecule has 1 aliphatic rings. The molecule has 16 heavy (non-hydrogen) atoms. The molecule has 90 valence electrons. The predicted octanol–water partition coefficient (Wildman–Crippen LogP) is 2.13. The normalized spacial score (nSPS) is 17.6. The van der Waals surface area contributed by atoms with E-state index in [-0.39, 0.29) is 0 Å². The molecule has 0 bridgehead atoms. The lowest BCUT2D eigenvalue weighted by Gasteiger charge is -2.16. The molecule has 1 heterocycles. The third-order valence-electron chi connectivity index (χ3n) is 3.35. The summed E-state index contributed by atoms with van der Waals surface area (Å²) in [7, 11) is 1.98. The molecule has 0 aliphatic heterocycles.